The van der Waals surface area contributed by atoms with Gasteiger partial charge >= 0.3 is 0 Å². The summed E-state index contributed by atoms with van der Waals surface area (Å²) in [4.78, 5) is 14.1. The van der Waals surface area contributed by atoms with Crippen LogP contribution >= 0.6 is 15.9 Å². The Morgan fingerprint density at radius 2 is 2.07 bits per heavy atom. The Labute approximate surface area is 87.9 Å². The molecule has 0 fully saturated rings. The zero-order chi connectivity index (χ0) is 10.1. The van der Waals surface area contributed by atoms with Crippen LogP contribution < -0.4 is 0 Å². The topological polar surface area (TPSA) is 56.0 Å². The predicted octanol–water partition coefficient (Wildman–Crippen LogP) is 2.91. The van der Waals surface area contributed by atoms with Gasteiger partial charge in [0.1, 0.15) is 4.60 Å². The number of nitrogens with zero attached hydrogens (tertiary/aromatic N) is 2. The van der Waals surface area contributed by atoms with E-state index in [1.807, 2.05) is 0 Å². The molecule has 70 valence electrons. The maximum absolute atomic E-state index is 10.5. The molecule has 0 radical (unpaired) electrons. The molecule has 1 aromatic carbocycles. The van der Waals surface area contributed by atoms with Gasteiger partial charge in [-0.05, 0) is 33.4 Å². The number of fused-ring (bicyclic) bond motifs is 1. The predicted molar refractivity (Wildman–Crippen MR) is 56.1 cm³/mol. The van der Waals surface area contributed by atoms with Gasteiger partial charge in [0.15, 0.2) is 0 Å². The number of nitro groups is 1. The number of rotatable bonds is 1. The Hall–Kier alpha value is -1.49. The fourth-order valence-corrected chi connectivity index (χ4v) is 1.56. The standard InChI is InChI=1S/C9H5BrN2O2/c10-9-4-7-3-8(12(13)14)2-1-6(7)5-11-9/h1-5H. The molecule has 2 aromatic rings. The molecule has 0 unspecified atom stereocenters. The first-order chi connectivity index (χ1) is 6.66. The number of hydrogen-bond acceptors (Lipinski definition) is 3. The molecule has 0 aliphatic rings. The second-order valence-corrected chi connectivity index (χ2v) is 3.61. The van der Waals surface area contributed by atoms with Gasteiger partial charge in [-0.1, -0.05) is 0 Å². The summed E-state index contributed by atoms with van der Waals surface area (Å²) in [5.74, 6) is 0. The van der Waals surface area contributed by atoms with E-state index in [-0.39, 0.29) is 5.69 Å². The van der Waals surface area contributed by atoms with E-state index < -0.39 is 4.92 Å². The van der Waals surface area contributed by atoms with Crippen LogP contribution in [0.15, 0.2) is 35.1 Å². The Bertz CT molecular complexity index is 513. The van der Waals surface area contributed by atoms with Crippen LogP contribution in [-0.2, 0) is 0 Å². The van der Waals surface area contributed by atoms with Gasteiger partial charge in [0.05, 0.1) is 4.92 Å². The fraction of sp³-hybridized carbons (Fsp3) is 0. The highest BCUT2D eigenvalue weighted by Gasteiger charge is 2.05. The van der Waals surface area contributed by atoms with Gasteiger partial charge < -0.3 is 0 Å². The second kappa shape index (κ2) is 3.34. The molecule has 4 nitrogen and oxygen atoms in total. The number of benzene rings is 1. The zero-order valence-corrected chi connectivity index (χ0v) is 8.56. The van der Waals surface area contributed by atoms with E-state index in [0.717, 1.165) is 10.8 Å². The Kier molecular flexibility index (Phi) is 2.17. The van der Waals surface area contributed by atoms with Crippen molar-refractivity contribution in [2.24, 2.45) is 0 Å². The van der Waals surface area contributed by atoms with Gasteiger partial charge in [0.2, 0.25) is 0 Å². The number of nitro benzene ring substituents is 1. The van der Waals surface area contributed by atoms with Crippen molar-refractivity contribution in [2.75, 3.05) is 0 Å². The second-order valence-electron chi connectivity index (χ2n) is 2.80. The number of aromatic nitrogens is 1. The van der Waals surface area contributed by atoms with Crippen LogP contribution in [0.5, 0.6) is 0 Å². The highest BCUT2D eigenvalue weighted by atomic mass is 79.9. The third-order valence-corrected chi connectivity index (χ3v) is 2.32. The third-order valence-electron chi connectivity index (χ3n) is 1.88. The third kappa shape index (κ3) is 1.58. The van der Waals surface area contributed by atoms with Gasteiger partial charge in [-0.2, -0.15) is 0 Å². The highest BCUT2D eigenvalue weighted by Crippen LogP contribution is 2.22. The summed E-state index contributed by atoms with van der Waals surface area (Å²) < 4.78 is 0.672. The molecule has 0 saturated heterocycles. The van der Waals surface area contributed by atoms with Crippen molar-refractivity contribution in [3.05, 3.63) is 45.2 Å². The summed E-state index contributed by atoms with van der Waals surface area (Å²) in [5.41, 5.74) is 0.0931. The first kappa shape index (κ1) is 9.08. The van der Waals surface area contributed by atoms with Gasteiger partial charge in [0, 0.05) is 23.7 Å². The molecule has 1 aromatic heterocycles. The minimum Gasteiger partial charge on any atom is -0.258 e. The highest BCUT2D eigenvalue weighted by molar-refractivity contribution is 9.10. The largest absolute Gasteiger partial charge is 0.270 e. The molecule has 0 amide bonds. The molecule has 0 aliphatic carbocycles. The summed E-state index contributed by atoms with van der Waals surface area (Å²) in [6.45, 7) is 0. The van der Waals surface area contributed by atoms with Gasteiger partial charge in [-0.15, -0.1) is 0 Å². The molecule has 1 heterocycles. The van der Waals surface area contributed by atoms with Crippen molar-refractivity contribution in [3.8, 4) is 0 Å². The van der Waals surface area contributed by atoms with E-state index in [9.17, 15) is 10.1 Å². The van der Waals surface area contributed by atoms with E-state index in [2.05, 4.69) is 20.9 Å². The lowest BCUT2D eigenvalue weighted by molar-refractivity contribution is -0.384. The monoisotopic (exact) mass is 252 g/mol. The van der Waals surface area contributed by atoms with Gasteiger partial charge in [0.25, 0.3) is 5.69 Å². The first-order valence-electron chi connectivity index (χ1n) is 3.86. The average molecular weight is 253 g/mol. The fourth-order valence-electron chi connectivity index (χ4n) is 1.22. The number of pyridine rings is 1. The van der Waals surface area contributed by atoms with Gasteiger partial charge in [-0.3, -0.25) is 10.1 Å². The van der Waals surface area contributed by atoms with E-state index in [1.54, 1.807) is 18.3 Å². The molecule has 0 aliphatic heterocycles. The van der Waals surface area contributed by atoms with Gasteiger partial charge in [-0.25, -0.2) is 4.98 Å². The summed E-state index contributed by atoms with van der Waals surface area (Å²) >= 11 is 3.21. The van der Waals surface area contributed by atoms with Crippen LogP contribution in [0.1, 0.15) is 0 Å². The Balaban J connectivity index is 2.69. The normalized spacial score (nSPS) is 10.4. The molecule has 0 atom stereocenters. The van der Waals surface area contributed by atoms with E-state index in [0.29, 0.717) is 4.60 Å². The van der Waals surface area contributed by atoms with Crippen LogP contribution in [0, 0.1) is 10.1 Å². The van der Waals surface area contributed by atoms with Crippen LogP contribution in [-0.4, -0.2) is 9.91 Å². The Morgan fingerprint density at radius 1 is 1.29 bits per heavy atom. The lowest BCUT2D eigenvalue weighted by Crippen LogP contribution is -1.87. The smallest absolute Gasteiger partial charge is 0.258 e. The number of hydrogen-bond donors (Lipinski definition) is 0. The molecule has 0 N–H and O–H groups in total. The number of non-ortho nitro benzene ring substituents is 1. The molecule has 0 spiro atoms. The van der Waals surface area contributed by atoms with E-state index >= 15 is 0 Å². The molecule has 5 heteroatoms. The van der Waals surface area contributed by atoms with Crippen molar-refractivity contribution < 1.29 is 4.92 Å². The van der Waals surface area contributed by atoms with Crippen LogP contribution in [0.4, 0.5) is 5.69 Å². The van der Waals surface area contributed by atoms with Crippen LogP contribution in [0.3, 0.4) is 0 Å². The summed E-state index contributed by atoms with van der Waals surface area (Å²) in [7, 11) is 0. The van der Waals surface area contributed by atoms with Crippen molar-refractivity contribution >= 4 is 32.4 Å². The summed E-state index contributed by atoms with van der Waals surface area (Å²) in [6, 6.07) is 6.44. The maximum atomic E-state index is 10.5. The molecular weight excluding hydrogens is 248 g/mol. The zero-order valence-electron chi connectivity index (χ0n) is 6.98. The van der Waals surface area contributed by atoms with Crippen molar-refractivity contribution in [2.45, 2.75) is 0 Å². The van der Waals surface area contributed by atoms with Crippen LogP contribution in [0.2, 0.25) is 0 Å². The molecular formula is C9H5BrN2O2. The quantitative estimate of drug-likeness (QED) is 0.446. The van der Waals surface area contributed by atoms with E-state index in [4.69, 9.17) is 0 Å². The first-order valence-corrected chi connectivity index (χ1v) is 4.66. The minimum atomic E-state index is -0.409. The average Bonchev–Trinajstić information content (AvgIpc) is 2.16. The molecule has 0 bridgehead atoms. The Morgan fingerprint density at radius 3 is 2.79 bits per heavy atom. The summed E-state index contributed by atoms with van der Waals surface area (Å²) in [6.07, 6.45) is 1.67. The van der Waals surface area contributed by atoms with Crippen molar-refractivity contribution in [3.63, 3.8) is 0 Å². The number of halogens is 1. The lowest BCUT2D eigenvalue weighted by atomic mass is 10.1. The lowest BCUT2D eigenvalue weighted by Gasteiger charge is -1.97. The van der Waals surface area contributed by atoms with Crippen molar-refractivity contribution in [1.82, 2.24) is 4.98 Å². The molecule has 14 heavy (non-hydrogen) atoms. The van der Waals surface area contributed by atoms with Crippen LogP contribution in [0.25, 0.3) is 10.8 Å². The maximum Gasteiger partial charge on any atom is 0.270 e. The summed E-state index contributed by atoms with van der Waals surface area (Å²) in [5, 5.41) is 12.2. The van der Waals surface area contributed by atoms with Crippen molar-refractivity contribution in [1.29, 1.82) is 0 Å². The molecule has 0 saturated carbocycles. The minimum absolute atomic E-state index is 0.0931. The molecule has 2 rings (SSSR count). The SMILES string of the molecule is O=[N+]([O-])c1ccc2cnc(Br)cc2c1. The van der Waals surface area contributed by atoms with E-state index in [1.165, 1.54) is 12.1 Å².